The number of benzene rings is 1. The number of para-hydroxylation sites is 1. The van der Waals surface area contributed by atoms with E-state index in [1.807, 2.05) is 31.2 Å². The van der Waals surface area contributed by atoms with Gasteiger partial charge in [0.05, 0.1) is 12.8 Å². The molecule has 1 aliphatic rings. The smallest absolute Gasteiger partial charge is 0.223 e. The summed E-state index contributed by atoms with van der Waals surface area (Å²) in [6, 6.07) is 7.92. The molecule has 1 atom stereocenters. The van der Waals surface area contributed by atoms with Crippen molar-refractivity contribution in [2.75, 3.05) is 13.7 Å². The van der Waals surface area contributed by atoms with Gasteiger partial charge in [0.2, 0.25) is 5.91 Å². The maximum atomic E-state index is 12.4. The molecule has 23 heavy (non-hydrogen) atoms. The van der Waals surface area contributed by atoms with Gasteiger partial charge in [0.1, 0.15) is 11.6 Å². The van der Waals surface area contributed by atoms with Gasteiger partial charge in [-0.3, -0.25) is 4.79 Å². The maximum absolute atomic E-state index is 12.4. The molecule has 5 nitrogen and oxygen atoms in total. The van der Waals surface area contributed by atoms with Crippen molar-refractivity contribution in [1.82, 2.24) is 15.3 Å². The fourth-order valence-corrected chi connectivity index (χ4v) is 3.22. The first-order valence-corrected chi connectivity index (χ1v) is 8.11. The minimum Gasteiger partial charge on any atom is -0.496 e. The highest BCUT2D eigenvalue weighted by Gasteiger charge is 2.26. The third-order valence-corrected chi connectivity index (χ3v) is 4.42. The van der Waals surface area contributed by atoms with Crippen molar-refractivity contribution in [3.05, 3.63) is 47.0 Å². The van der Waals surface area contributed by atoms with Crippen molar-refractivity contribution >= 4 is 5.91 Å². The molecule has 0 saturated heterocycles. The lowest BCUT2D eigenvalue weighted by molar-refractivity contribution is -0.125. The largest absolute Gasteiger partial charge is 0.496 e. The van der Waals surface area contributed by atoms with Crippen LogP contribution >= 0.6 is 0 Å². The van der Waals surface area contributed by atoms with Crippen molar-refractivity contribution in [3.63, 3.8) is 0 Å². The van der Waals surface area contributed by atoms with Crippen LogP contribution in [-0.4, -0.2) is 29.5 Å². The quantitative estimate of drug-likeness (QED) is 0.889. The van der Waals surface area contributed by atoms with E-state index in [0.717, 1.165) is 54.2 Å². The average Bonchev–Trinajstić information content (AvgIpc) is 2.94. The topological polar surface area (TPSA) is 67.0 Å². The van der Waals surface area contributed by atoms with Gasteiger partial charge < -0.3 is 15.0 Å². The zero-order chi connectivity index (χ0) is 16.2. The first-order valence-electron chi connectivity index (χ1n) is 8.11. The molecule has 0 bridgehead atoms. The number of hydrogen-bond donors (Lipinski definition) is 2. The summed E-state index contributed by atoms with van der Waals surface area (Å²) in [4.78, 5) is 20.1. The van der Waals surface area contributed by atoms with E-state index in [1.165, 1.54) is 0 Å². The van der Waals surface area contributed by atoms with E-state index in [1.54, 1.807) is 7.11 Å². The number of aromatic nitrogens is 2. The normalized spacial score (nSPS) is 16.7. The van der Waals surface area contributed by atoms with Gasteiger partial charge in [0.25, 0.3) is 0 Å². The summed E-state index contributed by atoms with van der Waals surface area (Å²) in [5, 5.41) is 3.06. The Morgan fingerprint density at radius 1 is 1.43 bits per heavy atom. The zero-order valence-corrected chi connectivity index (χ0v) is 13.7. The number of rotatable bonds is 5. The van der Waals surface area contributed by atoms with Gasteiger partial charge in [-0.2, -0.15) is 0 Å². The van der Waals surface area contributed by atoms with E-state index in [4.69, 9.17) is 4.74 Å². The molecule has 0 unspecified atom stereocenters. The predicted octanol–water partition coefficient (Wildman–Crippen LogP) is 2.19. The van der Waals surface area contributed by atoms with Crippen LogP contribution in [0.5, 0.6) is 5.75 Å². The van der Waals surface area contributed by atoms with Gasteiger partial charge >= 0.3 is 0 Å². The van der Waals surface area contributed by atoms with Crippen LogP contribution in [0.15, 0.2) is 24.3 Å². The third kappa shape index (κ3) is 3.55. The molecular formula is C18H23N3O2. The SMILES string of the molecule is COc1ccccc1CCNC(=O)[C@@H]1CCc2nc(C)[nH]c2C1. The second-order valence-corrected chi connectivity index (χ2v) is 6.04. The minimum absolute atomic E-state index is 0.0417. The summed E-state index contributed by atoms with van der Waals surface area (Å²) in [5.41, 5.74) is 3.37. The summed E-state index contributed by atoms with van der Waals surface area (Å²) < 4.78 is 5.34. The summed E-state index contributed by atoms with van der Waals surface area (Å²) >= 11 is 0. The highest BCUT2D eigenvalue weighted by molar-refractivity contribution is 5.79. The number of nitrogens with one attached hydrogen (secondary N) is 2. The number of aryl methyl sites for hydroxylation is 2. The Balaban J connectivity index is 1.52. The lowest BCUT2D eigenvalue weighted by Gasteiger charge is -2.20. The van der Waals surface area contributed by atoms with Gasteiger partial charge in [0.15, 0.2) is 0 Å². The van der Waals surface area contributed by atoms with Gasteiger partial charge in [-0.05, 0) is 37.8 Å². The molecule has 0 aliphatic heterocycles. The third-order valence-electron chi connectivity index (χ3n) is 4.42. The van der Waals surface area contributed by atoms with Crippen molar-refractivity contribution in [1.29, 1.82) is 0 Å². The number of H-pyrrole nitrogens is 1. The van der Waals surface area contributed by atoms with Crippen LogP contribution in [0, 0.1) is 12.8 Å². The van der Waals surface area contributed by atoms with Gasteiger partial charge in [-0.25, -0.2) is 4.98 Å². The van der Waals surface area contributed by atoms with Crippen molar-refractivity contribution in [3.8, 4) is 5.75 Å². The molecule has 0 radical (unpaired) electrons. The molecule has 1 aromatic heterocycles. The number of aromatic amines is 1. The highest BCUT2D eigenvalue weighted by Crippen LogP contribution is 2.24. The van der Waals surface area contributed by atoms with E-state index in [9.17, 15) is 4.79 Å². The molecule has 0 fully saturated rings. The molecule has 2 N–H and O–H groups in total. The minimum atomic E-state index is 0.0417. The first kappa shape index (κ1) is 15.6. The Morgan fingerprint density at radius 3 is 3.09 bits per heavy atom. The number of ether oxygens (including phenoxy) is 1. The van der Waals surface area contributed by atoms with E-state index in [0.29, 0.717) is 6.54 Å². The molecule has 1 heterocycles. The Bertz CT molecular complexity index is 693. The monoisotopic (exact) mass is 313 g/mol. The molecular weight excluding hydrogens is 290 g/mol. The second-order valence-electron chi connectivity index (χ2n) is 6.04. The molecule has 5 heteroatoms. The van der Waals surface area contributed by atoms with Crippen molar-refractivity contribution < 1.29 is 9.53 Å². The van der Waals surface area contributed by atoms with E-state index in [-0.39, 0.29) is 11.8 Å². The van der Waals surface area contributed by atoms with Crippen LogP contribution in [0.1, 0.15) is 29.2 Å². The van der Waals surface area contributed by atoms with E-state index in [2.05, 4.69) is 15.3 Å². The summed E-state index contributed by atoms with van der Waals surface area (Å²) in [6.45, 7) is 2.59. The molecule has 3 rings (SSSR count). The van der Waals surface area contributed by atoms with Crippen LogP contribution in [-0.2, 0) is 24.1 Å². The lowest BCUT2D eigenvalue weighted by atomic mass is 9.89. The number of carbonyl (C=O) groups is 1. The van der Waals surface area contributed by atoms with Gasteiger partial charge in [-0.1, -0.05) is 18.2 Å². The number of nitrogens with zero attached hydrogens (tertiary/aromatic N) is 1. The molecule has 1 aliphatic carbocycles. The molecule has 1 amide bonds. The van der Waals surface area contributed by atoms with E-state index < -0.39 is 0 Å². The number of imidazole rings is 1. The van der Waals surface area contributed by atoms with Crippen LogP contribution < -0.4 is 10.1 Å². The Morgan fingerprint density at radius 2 is 2.26 bits per heavy atom. The van der Waals surface area contributed by atoms with Crippen LogP contribution in [0.3, 0.4) is 0 Å². The summed E-state index contributed by atoms with van der Waals surface area (Å²) in [6.07, 6.45) is 3.29. The number of methoxy groups -OCH3 is 1. The molecule has 0 saturated carbocycles. The van der Waals surface area contributed by atoms with Crippen LogP contribution in [0.2, 0.25) is 0 Å². The first-order chi connectivity index (χ1) is 11.2. The lowest BCUT2D eigenvalue weighted by Crippen LogP contribution is -2.35. The van der Waals surface area contributed by atoms with E-state index >= 15 is 0 Å². The zero-order valence-electron chi connectivity index (χ0n) is 13.7. The Hall–Kier alpha value is -2.30. The molecule has 0 spiro atoms. The van der Waals surface area contributed by atoms with Crippen molar-refractivity contribution in [2.45, 2.75) is 32.6 Å². The van der Waals surface area contributed by atoms with Gasteiger partial charge in [-0.15, -0.1) is 0 Å². The molecule has 122 valence electrons. The number of carbonyl (C=O) groups excluding carboxylic acids is 1. The summed E-state index contributed by atoms with van der Waals surface area (Å²) in [7, 11) is 1.67. The second kappa shape index (κ2) is 6.86. The Kier molecular flexibility index (Phi) is 4.65. The number of hydrogen-bond acceptors (Lipinski definition) is 3. The predicted molar refractivity (Wildman–Crippen MR) is 88.5 cm³/mol. The Labute approximate surface area is 136 Å². The maximum Gasteiger partial charge on any atom is 0.223 e. The fraction of sp³-hybridized carbons (Fsp3) is 0.444. The van der Waals surface area contributed by atoms with Crippen molar-refractivity contribution in [2.24, 2.45) is 5.92 Å². The van der Waals surface area contributed by atoms with Gasteiger partial charge in [0, 0.05) is 24.6 Å². The standard InChI is InChI=1S/C18H23N3O2/c1-12-20-15-8-7-14(11-16(15)21-12)18(22)19-10-9-13-5-3-4-6-17(13)23-2/h3-6,14H,7-11H2,1-2H3,(H,19,22)(H,20,21)/t14-/m1/s1. The summed E-state index contributed by atoms with van der Waals surface area (Å²) in [5.74, 6) is 1.99. The average molecular weight is 313 g/mol. The fourth-order valence-electron chi connectivity index (χ4n) is 3.22. The van der Waals surface area contributed by atoms with Crippen LogP contribution in [0.25, 0.3) is 0 Å². The van der Waals surface area contributed by atoms with Crippen LogP contribution in [0.4, 0.5) is 0 Å². The highest BCUT2D eigenvalue weighted by atomic mass is 16.5. The number of amides is 1. The molecule has 2 aromatic rings. The number of fused-ring (bicyclic) bond motifs is 1. The molecule has 1 aromatic carbocycles.